The molecular formula is C24H39N3O3. The molecule has 6 nitrogen and oxygen atoms in total. The summed E-state index contributed by atoms with van der Waals surface area (Å²) in [7, 11) is 0. The molecule has 0 saturated carbocycles. The molecule has 168 valence electrons. The van der Waals surface area contributed by atoms with Crippen molar-refractivity contribution in [3.63, 3.8) is 0 Å². The second-order valence-corrected chi connectivity index (χ2v) is 8.77. The normalized spacial score (nSPS) is 19.5. The number of amides is 1. The summed E-state index contributed by atoms with van der Waals surface area (Å²) < 4.78 is 11.1. The van der Waals surface area contributed by atoms with Gasteiger partial charge in [0.25, 0.3) is 0 Å². The van der Waals surface area contributed by atoms with Crippen LogP contribution >= 0.6 is 0 Å². The van der Waals surface area contributed by atoms with Gasteiger partial charge in [-0.05, 0) is 58.2 Å². The summed E-state index contributed by atoms with van der Waals surface area (Å²) in [6.07, 6.45) is 4.62. The van der Waals surface area contributed by atoms with Crippen molar-refractivity contribution in [2.75, 3.05) is 46.0 Å². The molecule has 1 aromatic carbocycles. The van der Waals surface area contributed by atoms with E-state index in [2.05, 4.69) is 29.0 Å². The van der Waals surface area contributed by atoms with Crippen molar-refractivity contribution in [2.45, 2.75) is 64.3 Å². The summed E-state index contributed by atoms with van der Waals surface area (Å²) >= 11 is 0. The highest BCUT2D eigenvalue weighted by Crippen LogP contribution is 2.24. The van der Waals surface area contributed by atoms with Crippen molar-refractivity contribution in [3.05, 3.63) is 35.9 Å². The molecule has 30 heavy (non-hydrogen) atoms. The Morgan fingerprint density at radius 2 is 1.80 bits per heavy atom. The van der Waals surface area contributed by atoms with Crippen LogP contribution in [-0.4, -0.2) is 79.8 Å². The SMILES string of the molecule is CC(C)N1CCC(N(CCNC(=O)COCc2ccccc2)C2CCOCC2)CC1. The summed E-state index contributed by atoms with van der Waals surface area (Å²) in [6.45, 7) is 10.8. The predicted molar refractivity (Wildman–Crippen MR) is 119 cm³/mol. The van der Waals surface area contributed by atoms with Gasteiger partial charge in [0.1, 0.15) is 6.61 Å². The zero-order valence-corrected chi connectivity index (χ0v) is 18.7. The summed E-state index contributed by atoms with van der Waals surface area (Å²) in [5.41, 5.74) is 1.09. The molecule has 2 saturated heterocycles. The molecule has 2 aliphatic heterocycles. The number of piperidine rings is 1. The van der Waals surface area contributed by atoms with Crippen LogP contribution in [0.15, 0.2) is 30.3 Å². The lowest BCUT2D eigenvalue weighted by Crippen LogP contribution is -2.53. The Bertz CT molecular complexity index is 611. The van der Waals surface area contributed by atoms with Gasteiger partial charge in [-0.2, -0.15) is 0 Å². The number of nitrogens with zero attached hydrogens (tertiary/aromatic N) is 2. The lowest BCUT2D eigenvalue weighted by molar-refractivity contribution is -0.126. The van der Waals surface area contributed by atoms with Gasteiger partial charge in [0.2, 0.25) is 5.91 Å². The van der Waals surface area contributed by atoms with E-state index in [9.17, 15) is 4.79 Å². The third-order valence-corrected chi connectivity index (χ3v) is 6.40. The first-order valence-electron chi connectivity index (χ1n) is 11.6. The van der Waals surface area contributed by atoms with E-state index >= 15 is 0 Å². The maximum absolute atomic E-state index is 12.2. The highest BCUT2D eigenvalue weighted by molar-refractivity contribution is 5.77. The standard InChI is InChI=1S/C24H39N3O3/c1-20(2)26-13-8-22(9-14-26)27(23-10-16-29-17-11-23)15-12-25-24(28)19-30-18-21-6-4-3-5-7-21/h3-7,20,22-23H,8-19H2,1-2H3,(H,25,28). The van der Waals surface area contributed by atoms with Gasteiger partial charge < -0.3 is 19.7 Å². The van der Waals surface area contributed by atoms with Crippen molar-refractivity contribution in [1.29, 1.82) is 0 Å². The van der Waals surface area contributed by atoms with Crippen LogP contribution in [0, 0.1) is 0 Å². The number of ether oxygens (including phenoxy) is 2. The number of benzene rings is 1. The van der Waals surface area contributed by atoms with E-state index in [0.29, 0.717) is 31.3 Å². The number of rotatable bonds is 10. The highest BCUT2D eigenvalue weighted by Gasteiger charge is 2.31. The van der Waals surface area contributed by atoms with Crippen molar-refractivity contribution in [1.82, 2.24) is 15.1 Å². The van der Waals surface area contributed by atoms with Gasteiger partial charge in [-0.15, -0.1) is 0 Å². The third kappa shape index (κ3) is 7.34. The summed E-state index contributed by atoms with van der Waals surface area (Å²) in [4.78, 5) is 17.4. The van der Waals surface area contributed by atoms with Crippen LogP contribution in [0.1, 0.15) is 45.1 Å². The average molecular weight is 418 g/mol. The molecule has 0 aromatic heterocycles. The molecule has 0 radical (unpaired) electrons. The van der Waals surface area contributed by atoms with Crippen molar-refractivity contribution >= 4 is 5.91 Å². The summed E-state index contributed by atoms with van der Waals surface area (Å²) in [6, 6.07) is 11.8. The molecule has 2 aliphatic rings. The van der Waals surface area contributed by atoms with Gasteiger partial charge in [-0.1, -0.05) is 30.3 Å². The van der Waals surface area contributed by atoms with Crippen LogP contribution in [0.3, 0.4) is 0 Å². The molecule has 6 heteroatoms. The molecular weight excluding hydrogens is 378 g/mol. The average Bonchev–Trinajstić information content (AvgIpc) is 2.78. The fourth-order valence-electron chi connectivity index (χ4n) is 4.63. The van der Waals surface area contributed by atoms with Crippen LogP contribution < -0.4 is 5.32 Å². The third-order valence-electron chi connectivity index (χ3n) is 6.40. The fraction of sp³-hybridized carbons (Fsp3) is 0.708. The van der Waals surface area contributed by atoms with Gasteiger partial charge in [-0.25, -0.2) is 0 Å². The Hall–Kier alpha value is -1.47. The number of hydrogen-bond acceptors (Lipinski definition) is 5. The minimum absolute atomic E-state index is 0.0347. The number of nitrogens with one attached hydrogen (secondary N) is 1. The van der Waals surface area contributed by atoms with Crippen LogP contribution in [-0.2, 0) is 20.9 Å². The van der Waals surface area contributed by atoms with Crippen LogP contribution in [0.4, 0.5) is 0 Å². The van der Waals surface area contributed by atoms with E-state index in [1.165, 1.54) is 25.9 Å². The first kappa shape index (κ1) is 23.2. The summed E-state index contributed by atoms with van der Waals surface area (Å²) in [5.74, 6) is -0.0347. The Kier molecular flexibility index (Phi) is 9.59. The second kappa shape index (κ2) is 12.4. The van der Waals surface area contributed by atoms with E-state index in [4.69, 9.17) is 9.47 Å². The Labute approximate surface area is 181 Å². The minimum Gasteiger partial charge on any atom is -0.381 e. The molecule has 1 aromatic rings. The maximum Gasteiger partial charge on any atom is 0.246 e. The smallest absolute Gasteiger partial charge is 0.246 e. The quantitative estimate of drug-likeness (QED) is 0.634. The monoisotopic (exact) mass is 417 g/mol. The Morgan fingerprint density at radius 3 is 2.47 bits per heavy atom. The molecule has 0 spiro atoms. The fourth-order valence-corrected chi connectivity index (χ4v) is 4.63. The van der Waals surface area contributed by atoms with Gasteiger partial charge in [0.05, 0.1) is 6.61 Å². The number of hydrogen-bond donors (Lipinski definition) is 1. The molecule has 3 rings (SSSR count). The van der Waals surface area contributed by atoms with E-state index < -0.39 is 0 Å². The van der Waals surface area contributed by atoms with Crippen molar-refractivity contribution in [3.8, 4) is 0 Å². The van der Waals surface area contributed by atoms with Crippen LogP contribution in [0.5, 0.6) is 0 Å². The number of carbonyl (C=O) groups is 1. The van der Waals surface area contributed by atoms with E-state index in [1.807, 2.05) is 30.3 Å². The van der Waals surface area contributed by atoms with E-state index in [-0.39, 0.29) is 12.5 Å². The van der Waals surface area contributed by atoms with Crippen LogP contribution in [0.2, 0.25) is 0 Å². The van der Waals surface area contributed by atoms with Gasteiger partial charge in [0, 0.05) is 44.4 Å². The van der Waals surface area contributed by atoms with Crippen molar-refractivity contribution < 1.29 is 14.3 Å². The van der Waals surface area contributed by atoms with Gasteiger partial charge in [-0.3, -0.25) is 9.69 Å². The lowest BCUT2D eigenvalue weighted by atomic mass is 9.97. The van der Waals surface area contributed by atoms with E-state index in [1.54, 1.807) is 0 Å². The minimum atomic E-state index is -0.0347. The lowest BCUT2D eigenvalue weighted by Gasteiger charge is -2.44. The molecule has 1 N–H and O–H groups in total. The molecule has 0 aliphatic carbocycles. The summed E-state index contributed by atoms with van der Waals surface area (Å²) in [5, 5.41) is 3.06. The number of carbonyl (C=O) groups excluding carboxylic acids is 1. The molecule has 0 atom stereocenters. The first-order chi connectivity index (χ1) is 14.6. The Morgan fingerprint density at radius 1 is 1.13 bits per heavy atom. The highest BCUT2D eigenvalue weighted by atomic mass is 16.5. The molecule has 2 fully saturated rings. The van der Waals surface area contributed by atoms with Crippen molar-refractivity contribution in [2.24, 2.45) is 0 Å². The van der Waals surface area contributed by atoms with Gasteiger partial charge >= 0.3 is 0 Å². The molecule has 0 bridgehead atoms. The topological polar surface area (TPSA) is 54.0 Å². The van der Waals surface area contributed by atoms with Gasteiger partial charge in [0.15, 0.2) is 0 Å². The Balaban J connectivity index is 1.42. The second-order valence-electron chi connectivity index (χ2n) is 8.77. The maximum atomic E-state index is 12.2. The number of likely N-dealkylation sites (tertiary alicyclic amines) is 1. The zero-order valence-electron chi connectivity index (χ0n) is 18.7. The predicted octanol–water partition coefficient (Wildman–Crippen LogP) is 2.67. The largest absolute Gasteiger partial charge is 0.381 e. The first-order valence-corrected chi connectivity index (χ1v) is 11.6. The van der Waals surface area contributed by atoms with Crippen LogP contribution in [0.25, 0.3) is 0 Å². The molecule has 0 unspecified atom stereocenters. The molecule has 2 heterocycles. The zero-order chi connectivity index (χ0) is 21.2. The molecule has 1 amide bonds. The van der Waals surface area contributed by atoms with E-state index in [0.717, 1.165) is 38.2 Å².